The highest BCUT2D eigenvalue weighted by atomic mass is 16.5. The first kappa shape index (κ1) is 21.0. The molecule has 0 radical (unpaired) electrons. The standard InChI is InChI=1S/C21H24N2O5/c1-3-13-27-19(24)15-5-9-17(10-6-15)22-21(26)23-18-11-7-16(8-12-18)20(25)28-14-4-2/h5-12H,3-4,13-14H2,1-2H3,(H2,22,23,26). The molecular weight excluding hydrogens is 360 g/mol. The third-order valence-corrected chi connectivity index (χ3v) is 3.63. The molecule has 0 heterocycles. The van der Waals surface area contributed by atoms with Crippen molar-refractivity contribution in [3.8, 4) is 0 Å². The normalized spacial score (nSPS) is 10.1. The van der Waals surface area contributed by atoms with Gasteiger partial charge in [-0.3, -0.25) is 0 Å². The van der Waals surface area contributed by atoms with E-state index in [1.54, 1.807) is 48.5 Å². The van der Waals surface area contributed by atoms with Crippen LogP contribution in [0.15, 0.2) is 48.5 Å². The van der Waals surface area contributed by atoms with E-state index in [0.29, 0.717) is 35.7 Å². The van der Waals surface area contributed by atoms with E-state index in [-0.39, 0.29) is 0 Å². The molecule has 0 aliphatic rings. The van der Waals surface area contributed by atoms with Crippen LogP contribution in [0.1, 0.15) is 47.4 Å². The van der Waals surface area contributed by atoms with Crippen LogP contribution in [0.4, 0.5) is 16.2 Å². The van der Waals surface area contributed by atoms with Gasteiger partial charge in [-0.15, -0.1) is 0 Å². The molecule has 2 aromatic rings. The number of benzene rings is 2. The lowest BCUT2D eigenvalue weighted by Crippen LogP contribution is -2.19. The molecule has 0 saturated carbocycles. The predicted octanol–water partition coefficient (Wildman–Crippen LogP) is 4.46. The molecule has 0 saturated heterocycles. The van der Waals surface area contributed by atoms with Gasteiger partial charge >= 0.3 is 18.0 Å². The summed E-state index contributed by atoms with van der Waals surface area (Å²) in [6.07, 6.45) is 1.51. The molecule has 0 aliphatic carbocycles. The van der Waals surface area contributed by atoms with Crippen LogP contribution in [-0.2, 0) is 9.47 Å². The van der Waals surface area contributed by atoms with E-state index < -0.39 is 18.0 Å². The summed E-state index contributed by atoms with van der Waals surface area (Å²) in [7, 11) is 0. The molecule has 2 N–H and O–H groups in total. The van der Waals surface area contributed by atoms with Gasteiger partial charge in [-0.2, -0.15) is 0 Å². The summed E-state index contributed by atoms with van der Waals surface area (Å²) in [4.78, 5) is 35.6. The maximum atomic E-state index is 12.1. The van der Waals surface area contributed by atoms with Gasteiger partial charge in [0, 0.05) is 11.4 Å². The third kappa shape index (κ3) is 6.42. The molecule has 7 heteroatoms. The van der Waals surface area contributed by atoms with Crippen LogP contribution >= 0.6 is 0 Å². The number of rotatable bonds is 8. The second kappa shape index (κ2) is 10.7. The second-order valence-electron chi connectivity index (χ2n) is 6.01. The van der Waals surface area contributed by atoms with Gasteiger partial charge in [-0.25, -0.2) is 14.4 Å². The maximum Gasteiger partial charge on any atom is 0.338 e. The van der Waals surface area contributed by atoms with Crippen molar-refractivity contribution >= 4 is 29.3 Å². The number of anilines is 2. The van der Waals surface area contributed by atoms with Crippen LogP contribution in [0.2, 0.25) is 0 Å². The molecule has 0 unspecified atom stereocenters. The van der Waals surface area contributed by atoms with Crippen LogP contribution in [0.3, 0.4) is 0 Å². The fraction of sp³-hybridized carbons (Fsp3) is 0.286. The number of hydrogen-bond donors (Lipinski definition) is 2. The lowest BCUT2D eigenvalue weighted by atomic mass is 10.2. The Balaban J connectivity index is 1.88. The summed E-state index contributed by atoms with van der Waals surface area (Å²) in [6, 6.07) is 12.4. The Labute approximate surface area is 164 Å². The highest BCUT2D eigenvalue weighted by molar-refractivity contribution is 6.00. The van der Waals surface area contributed by atoms with E-state index in [2.05, 4.69) is 10.6 Å². The molecule has 0 atom stereocenters. The number of amides is 2. The number of hydrogen-bond acceptors (Lipinski definition) is 5. The van der Waals surface area contributed by atoms with E-state index in [9.17, 15) is 14.4 Å². The predicted molar refractivity (Wildman–Crippen MR) is 107 cm³/mol. The van der Waals surface area contributed by atoms with Crippen molar-refractivity contribution < 1.29 is 23.9 Å². The zero-order chi connectivity index (χ0) is 20.4. The molecule has 0 bridgehead atoms. The molecule has 28 heavy (non-hydrogen) atoms. The van der Waals surface area contributed by atoms with E-state index in [0.717, 1.165) is 12.8 Å². The van der Waals surface area contributed by atoms with Crippen molar-refractivity contribution in [3.63, 3.8) is 0 Å². The summed E-state index contributed by atoms with van der Waals surface area (Å²) < 4.78 is 10.1. The van der Waals surface area contributed by atoms with Gasteiger partial charge in [0.05, 0.1) is 24.3 Å². The minimum atomic E-state index is -0.442. The molecule has 2 aromatic carbocycles. The first-order chi connectivity index (χ1) is 13.5. The molecule has 0 aromatic heterocycles. The van der Waals surface area contributed by atoms with Crippen LogP contribution < -0.4 is 10.6 Å². The highest BCUT2D eigenvalue weighted by Crippen LogP contribution is 2.14. The number of ether oxygens (including phenoxy) is 2. The molecule has 2 rings (SSSR count). The monoisotopic (exact) mass is 384 g/mol. The fourth-order valence-corrected chi connectivity index (χ4v) is 2.23. The van der Waals surface area contributed by atoms with Gasteiger partial charge < -0.3 is 20.1 Å². The van der Waals surface area contributed by atoms with Gasteiger partial charge in [-0.05, 0) is 61.4 Å². The highest BCUT2D eigenvalue weighted by Gasteiger charge is 2.09. The quantitative estimate of drug-likeness (QED) is 0.655. The van der Waals surface area contributed by atoms with Crippen molar-refractivity contribution in [3.05, 3.63) is 59.7 Å². The lowest BCUT2D eigenvalue weighted by molar-refractivity contribution is 0.0496. The van der Waals surface area contributed by atoms with Crippen LogP contribution in [-0.4, -0.2) is 31.2 Å². The number of carbonyl (C=O) groups is 3. The van der Waals surface area contributed by atoms with Gasteiger partial charge in [-0.1, -0.05) is 13.8 Å². The number of esters is 2. The second-order valence-corrected chi connectivity index (χ2v) is 6.01. The average molecular weight is 384 g/mol. The molecule has 0 aliphatic heterocycles. The minimum Gasteiger partial charge on any atom is -0.462 e. The van der Waals surface area contributed by atoms with Gasteiger partial charge in [0.25, 0.3) is 0 Å². The first-order valence-electron chi connectivity index (χ1n) is 9.15. The van der Waals surface area contributed by atoms with Crippen molar-refractivity contribution in [2.75, 3.05) is 23.8 Å². The Morgan fingerprint density at radius 3 is 1.36 bits per heavy atom. The Morgan fingerprint density at radius 1 is 0.679 bits per heavy atom. The molecule has 148 valence electrons. The van der Waals surface area contributed by atoms with E-state index >= 15 is 0 Å². The smallest absolute Gasteiger partial charge is 0.338 e. The van der Waals surface area contributed by atoms with E-state index in [1.165, 1.54) is 0 Å². The van der Waals surface area contributed by atoms with Crippen molar-refractivity contribution in [2.45, 2.75) is 26.7 Å². The summed E-state index contributed by atoms with van der Waals surface area (Å²) in [5.74, 6) is -0.786. The summed E-state index contributed by atoms with van der Waals surface area (Å²) >= 11 is 0. The SMILES string of the molecule is CCCOC(=O)c1ccc(NC(=O)Nc2ccc(C(=O)OCCC)cc2)cc1. The first-order valence-corrected chi connectivity index (χ1v) is 9.15. The van der Waals surface area contributed by atoms with Crippen LogP contribution in [0.25, 0.3) is 0 Å². The zero-order valence-electron chi connectivity index (χ0n) is 16.0. The Kier molecular flexibility index (Phi) is 8.02. The van der Waals surface area contributed by atoms with E-state index in [1.807, 2.05) is 13.8 Å². The Morgan fingerprint density at radius 2 is 1.04 bits per heavy atom. The minimum absolute atomic E-state index is 0.371. The third-order valence-electron chi connectivity index (χ3n) is 3.63. The molecule has 0 fully saturated rings. The van der Waals surface area contributed by atoms with Gasteiger partial charge in [0.2, 0.25) is 0 Å². The maximum absolute atomic E-state index is 12.1. The largest absolute Gasteiger partial charge is 0.462 e. The Bertz CT molecular complexity index is 733. The number of urea groups is 1. The van der Waals surface area contributed by atoms with Crippen molar-refractivity contribution in [1.29, 1.82) is 0 Å². The van der Waals surface area contributed by atoms with Gasteiger partial charge in [0.15, 0.2) is 0 Å². The average Bonchev–Trinajstić information content (AvgIpc) is 2.71. The zero-order valence-corrected chi connectivity index (χ0v) is 16.0. The van der Waals surface area contributed by atoms with Crippen molar-refractivity contribution in [1.82, 2.24) is 0 Å². The molecular formula is C21H24N2O5. The summed E-state index contributed by atoms with van der Waals surface area (Å²) in [6.45, 7) is 4.59. The topological polar surface area (TPSA) is 93.7 Å². The molecule has 7 nitrogen and oxygen atoms in total. The summed E-state index contributed by atoms with van der Waals surface area (Å²) in [5, 5.41) is 5.34. The molecule has 2 amide bonds. The molecule has 0 spiro atoms. The summed E-state index contributed by atoms with van der Waals surface area (Å²) in [5.41, 5.74) is 1.91. The van der Waals surface area contributed by atoms with Crippen molar-refractivity contribution in [2.24, 2.45) is 0 Å². The number of nitrogens with one attached hydrogen (secondary N) is 2. The van der Waals surface area contributed by atoms with Crippen LogP contribution in [0, 0.1) is 0 Å². The lowest BCUT2D eigenvalue weighted by Gasteiger charge is -2.09. The number of carbonyl (C=O) groups excluding carboxylic acids is 3. The van der Waals surface area contributed by atoms with E-state index in [4.69, 9.17) is 9.47 Å². The Hall–Kier alpha value is -3.35. The fourth-order valence-electron chi connectivity index (χ4n) is 2.23. The van der Waals surface area contributed by atoms with Gasteiger partial charge in [0.1, 0.15) is 0 Å². The van der Waals surface area contributed by atoms with Crippen LogP contribution in [0.5, 0.6) is 0 Å².